The fraction of sp³-hybridized carbons (Fsp3) is 0.211. The Balaban J connectivity index is 1.75. The van der Waals surface area contributed by atoms with Gasteiger partial charge in [-0.15, -0.1) is 0 Å². The molecule has 1 N–H and O–H groups in total. The Kier molecular flexibility index (Phi) is 4.24. The summed E-state index contributed by atoms with van der Waals surface area (Å²) in [4.78, 5) is 0. The molecule has 0 fully saturated rings. The summed E-state index contributed by atoms with van der Waals surface area (Å²) in [5.74, 6) is 0.797. The minimum atomic E-state index is 0.226. The summed E-state index contributed by atoms with van der Waals surface area (Å²) < 4.78 is 7.61. The normalized spacial score (nSPS) is 10.8. The summed E-state index contributed by atoms with van der Waals surface area (Å²) in [6, 6.07) is 20.4. The van der Waals surface area contributed by atoms with Crippen molar-refractivity contribution in [2.45, 2.75) is 26.3 Å². The van der Waals surface area contributed by atoms with Crippen LogP contribution in [0.5, 0.6) is 0 Å². The minimum absolute atomic E-state index is 0.226. The summed E-state index contributed by atoms with van der Waals surface area (Å²) >= 11 is 0. The lowest BCUT2D eigenvalue weighted by Gasteiger charge is -2.05. The van der Waals surface area contributed by atoms with Crippen LogP contribution in [0.2, 0.25) is 0 Å². The van der Waals surface area contributed by atoms with E-state index in [0.29, 0.717) is 0 Å². The van der Waals surface area contributed by atoms with Crippen molar-refractivity contribution in [3.05, 3.63) is 77.6 Å². The topological polar surface area (TPSA) is 41.9 Å². The minimum Gasteiger partial charge on any atom is -0.423 e. The third kappa shape index (κ3) is 3.03. The molecule has 112 valence electrons. The number of rotatable bonds is 5. The monoisotopic (exact) mass is 292 g/mol. The Morgan fingerprint density at radius 3 is 2.27 bits per heavy atom. The number of aromatic nitrogens is 1. The van der Waals surface area contributed by atoms with Crippen LogP contribution in [0.15, 0.2) is 65.1 Å². The van der Waals surface area contributed by atoms with Crippen LogP contribution < -0.4 is 5.68 Å². The molecular formula is C19H20N2O. The molecule has 3 aromatic rings. The van der Waals surface area contributed by atoms with E-state index in [1.54, 1.807) is 0 Å². The fourth-order valence-electron chi connectivity index (χ4n) is 2.71. The summed E-state index contributed by atoms with van der Waals surface area (Å²) in [7, 11) is 0. The van der Waals surface area contributed by atoms with Gasteiger partial charge in [-0.25, -0.2) is 0 Å². The van der Waals surface area contributed by atoms with Crippen molar-refractivity contribution in [1.29, 1.82) is 5.41 Å². The molecule has 3 heteroatoms. The molecule has 0 unspecified atom stereocenters. The fourth-order valence-corrected chi connectivity index (χ4v) is 2.71. The highest BCUT2D eigenvalue weighted by molar-refractivity contribution is 5.59. The molecule has 1 aromatic heterocycles. The van der Waals surface area contributed by atoms with Crippen LogP contribution in [0.4, 0.5) is 0 Å². The van der Waals surface area contributed by atoms with Crippen molar-refractivity contribution in [2.24, 2.45) is 0 Å². The van der Waals surface area contributed by atoms with E-state index >= 15 is 0 Å². The van der Waals surface area contributed by atoms with E-state index in [1.165, 1.54) is 5.56 Å². The Morgan fingerprint density at radius 2 is 1.59 bits per heavy atom. The van der Waals surface area contributed by atoms with Crippen molar-refractivity contribution in [3.63, 3.8) is 0 Å². The Hall–Kier alpha value is -2.55. The first-order chi connectivity index (χ1) is 10.8. The van der Waals surface area contributed by atoms with E-state index < -0.39 is 0 Å². The summed E-state index contributed by atoms with van der Waals surface area (Å²) in [6.07, 6.45) is 2.01. The summed E-state index contributed by atoms with van der Waals surface area (Å²) in [5, 5.41) is 8.06. The Bertz CT molecular complexity index is 785. The van der Waals surface area contributed by atoms with Crippen LogP contribution in [-0.4, -0.2) is 4.57 Å². The standard InChI is InChI=1S/C19H20N2O/c1-15-18(17-12-6-3-7-13-17)22-19(20)21(15)14-8-11-16-9-4-2-5-10-16/h2-7,9-10,12-13,20H,8,11,14H2,1H3. The van der Waals surface area contributed by atoms with Crippen LogP contribution in [0.3, 0.4) is 0 Å². The van der Waals surface area contributed by atoms with Crippen LogP contribution in [0.25, 0.3) is 11.3 Å². The van der Waals surface area contributed by atoms with Crippen molar-refractivity contribution in [3.8, 4) is 11.3 Å². The van der Waals surface area contributed by atoms with E-state index in [1.807, 2.05) is 47.9 Å². The first-order valence-electron chi connectivity index (χ1n) is 7.60. The maximum absolute atomic E-state index is 8.06. The lowest BCUT2D eigenvalue weighted by atomic mass is 10.1. The van der Waals surface area contributed by atoms with Gasteiger partial charge in [0.15, 0.2) is 5.76 Å². The maximum Gasteiger partial charge on any atom is 0.294 e. The van der Waals surface area contributed by atoms with E-state index in [2.05, 4.69) is 24.3 Å². The van der Waals surface area contributed by atoms with Gasteiger partial charge in [-0.2, -0.15) is 0 Å². The maximum atomic E-state index is 8.06. The van der Waals surface area contributed by atoms with Gasteiger partial charge in [-0.1, -0.05) is 60.7 Å². The molecule has 0 aliphatic carbocycles. The summed E-state index contributed by atoms with van der Waals surface area (Å²) in [6.45, 7) is 2.82. The molecule has 3 nitrogen and oxygen atoms in total. The molecule has 0 atom stereocenters. The van der Waals surface area contributed by atoms with Gasteiger partial charge in [0.25, 0.3) is 5.68 Å². The first-order valence-corrected chi connectivity index (χ1v) is 7.60. The predicted molar refractivity (Wildman–Crippen MR) is 87.5 cm³/mol. The zero-order chi connectivity index (χ0) is 15.4. The quantitative estimate of drug-likeness (QED) is 0.753. The predicted octanol–water partition coefficient (Wildman–Crippen LogP) is 4.17. The average Bonchev–Trinajstić information content (AvgIpc) is 2.85. The molecule has 3 rings (SSSR count). The van der Waals surface area contributed by atoms with E-state index in [-0.39, 0.29) is 5.68 Å². The van der Waals surface area contributed by atoms with Crippen molar-refractivity contribution < 1.29 is 4.42 Å². The lowest BCUT2D eigenvalue weighted by Crippen LogP contribution is -2.16. The van der Waals surface area contributed by atoms with Gasteiger partial charge in [0.05, 0.1) is 5.69 Å². The highest BCUT2D eigenvalue weighted by atomic mass is 16.4. The number of hydrogen-bond donors (Lipinski definition) is 1. The molecule has 0 saturated heterocycles. The molecule has 2 aromatic carbocycles. The highest BCUT2D eigenvalue weighted by Crippen LogP contribution is 2.22. The van der Waals surface area contributed by atoms with Crippen molar-refractivity contribution in [1.82, 2.24) is 4.57 Å². The van der Waals surface area contributed by atoms with Crippen LogP contribution in [0, 0.1) is 12.3 Å². The summed E-state index contributed by atoms with van der Waals surface area (Å²) in [5.41, 5.74) is 3.60. The van der Waals surface area contributed by atoms with Crippen LogP contribution in [-0.2, 0) is 13.0 Å². The zero-order valence-corrected chi connectivity index (χ0v) is 12.8. The molecule has 0 saturated carbocycles. The van der Waals surface area contributed by atoms with Gasteiger partial charge < -0.3 is 4.42 Å². The van der Waals surface area contributed by atoms with Crippen LogP contribution >= 0.6 is 0 Å². The molecule has 0 aliphatic heterocycles. The number of hydrogen-bond acceptors (Lipinski definition) is 2. The van der Waals surface area contributed by atoms with Gasteiger partial charge in [-0.05, 0) is 25.3 Å². The van der Waals surface area contributed by atoms with Gasteiger partial charge in [-0.3, -0.25) is 9.98 Å². The van der Waals surface area contributed by atoms with E-state index in [4.69, 9.17) is 9.83 Å². The largest absolute Gasteiger partial charge is 0.423 e. The number of nitrogens with zero attached hydrogens (tertiary/aromatic N) is 1. The number of aryl methyl sites for hydroxylation is 1. The molecule has 0 aliphatic rings. The van der Waals surface area contributed by atoms with E-state index in [9.17, 15) is 0 Å². The Morgan fingerprint density at radius 1 is 0.955 bits per heavy atom. The highest BCUT2D eigenvalue weighted by Gasteiger charge is 2.12. The zero-order valence-electron chi connectivity index (χ0n) is 12.8. The first kappa shape index (κ1) is 14.4. The SMILES string of the molecule is Cc1c(-c2ccccc2)oc(=N)n1CCCc1ccccc1. The lowest BCUT2D eigenvalue weighted by molar-refractivity contribution is 0.451. The molecule has 22 heavy (non-hydrogen) atoms. The van der Waals surface area contributed by atoms with Crippen LogP contribution in [0.1, 0.15) is 17.7 Å². The van der Waals surface area contributed by atoms with Crippen molar-refractivity contribution >= 4 is 0 Å². The van der Waals surface area contributed by atoms with Gasteiger partial charge in [0.2, 0.25) is 0 Å². The number of benzene rings is 2. The average molecular weight is 292 g/mol. The van der Waals surface area contributed by atoms with E-state index in [0.717, 1.165) is 36.4 Å². The molecule has 0 radical (unpaired) electrons. The van der Waals surface area contributed by atoms with Crippen molar-refractivity contribution in [2.75, 3.05) is 0 Å². The smallest absolute Gasteiger partial charge is 0.294 e. The molecule has 0 spiro atoms. The second kappa shape index (κ2) is 6.48. The third-order valence-electron chi connectivity index (χ3n) is 3.90. The molecular weight excluding hydrogens is 272 g/mol. The number of oxazole rings is 1. The van der Waals surface area contributed by atoms with Gasteiger partial charge >= 0.3 is 0 Å². The number of nitrogens with one attached hydrogen (secondary N) is 1. The second-order valence-electron chi connectivity index (χ2n) is 5.43. The molecule has 1 heterocycles. The Labute approximate surface area is 130 Å². The molecule has 0 amide bonds. The van der Waals surface area contributed by atoms with Gasteiger partial charge in [0.1, 0.15) is 0 Å². The third-order valence-corrected chi connectivity index (χ3v) is 3.90. The second-order valence-corrected chi connectivity index (χ2v) is 5.43. The van der Waals surface area contributed by atoms with Gasteiger partial charge in [0, 0.05) is 12.1 Å². The molecule has 0 bridgehead atoms.